The van der Waals surface area contributed by atoms with E-state index >= 15 is 0 Å². The van der Waals surface area contributed by atoms with Crippen LogP contribution in [-0.2, 0) is 0 Å². The third kappa shape index (κ3) is 1.23. The average Bonchev–Trinajstić information content (AvgIpc) is 2.14. The molecular formula is C6H7I. The first-order valence-electron chi connectivity index (χ1n) is 2.21. The lowest BCUT2D eigenvalue weighted by Crippen LogP contribution is -1.66. The minimum Gasteiger partial charge on any atom is -0.0931 e. The van der Waals surface area contributed by atoms with Crippen LogP contribution in [0.3, 0.4) is 0 Å². The highest BCUT2D eigenvalue weighted by molar-refractivity contribution is 14.2. The summed E-state index contributed by atoms with van der Waals surface area (Å²) in [4.78, 5) is 0. The van der Waals surface area contributed by atoms with Crippen LogP contribution in [0.1, 0.15) is 6.92 Å². The Morgan fingerprint density at radius 2 is 2.57 bits per heavy atom. The maximum absolute atomic E-state index is 2.32. The van der Waals surface area contributed by atoms with Gasteiger partial charge in [0.05, 0.1) is 0 Å². The van der Waals surface area contributed by atoms with E-state index in [1.54, 1.807) is 0 Å². The fraction of sp³-hybridized carbons (Fsp3) is 0.167. The van der Waals surface area contributed by atoms with Gasteiger partial charge in [0.1, 0.15) is 0 Å². The molecule has 1 aliphatic heterocycles. The molecule has 1 aliphatic rings. The fourth-order valence-electron chi connectivity index (χ4n) is 0.414. The summed E-state index contributed by atoms with van der Waals surface area (Å²) in [6, 6.07) is 0. The molecule has 0 bridgehead atoms. The Kier molecular flexibility index (Phi) is 1.79. The van der Waals surface area contributed by atoms with Crippen molar-refractivity contribution in [1.29, 1.82) is 0 Å². The second-order valence-corrected chi connectivity index (χ2v) is 3.38. The van der Waals surface area contributed by atoms with Crippen LogP contribution in [0.5, 0.6) is 0 Å². The molecule has 0 spiro atoms. The van der Waals surface area contributed by atoms with Crippen molar-refractivity contribution in [2.75, 3.05) is 0 Å². The molecule has 0 radical (unpaired) electrons. The number of hydrogen-bond donors (Lipinski definition) is 0. The fourth-order valence-corrected chi connectivity index (χ4v) is 2.23. The zero-order valence-corrected chi connectivity index (χ0v) is 6.34. The Morgan fingerprint density at radius 1 is 1.71 bits per heavy atom. The van der Waals surface area contributed by atoms with Crippen LogP contribution in [0, 0.1) is 0 Å². The van der Waals surface area contributed by atoms with Crippen molar-refractivity contribution >= 4 is 24.7 Å². The van der Waals surface area contributed by atoms with Crippen molar-refractivity contribution in [2.45, 2.75) is 6.92 Å². The Bertz CT molecular complexity index is 126. The second-order valence-electron chi connectivity index (χ2n) is 1.32. The van der Waals surface area contributed by atoms with E-state index < -0.39 is 0 Å². The van der Waals surface area contributed by atoms with E-state index in [1.807, 2.05) is 0 Å². The highest BCUT2D eigenvalue weighted by Gasteiger charge is 1.85. The summed E-state index contributed by atoms with van der Waals surface area (Å²) in [7, 11) is 0. The summed E-state index contributed by atoms with van der Waals surface area (Å²) in [6.07, 6.45) is 4.33. The molecule has 0 saturated carbocycles. The van der Waals surface area contributed by atoms with Crippen LogP contribution in [0.25, 0.3) is 0 Å². The van der Waals surface area contributed by atoms with E-state index in [2.05, 4.69) is 27.2 Å². The minimum absolute atomic E-state index is 0.322. The van der Waals surface area contributed by atoms with Crippen LogP contribution >= 0.6 is 20.7 Å². The molecule has 0 aliphatic carbocycles. The SMILES string of the molecule is C/C=C1/C=CI=C1. The molecule has 0 atom stereocenters. The predicted octanol–water partition coefficient (Wildman–Crippen LogP) is 2.23. The Morgan fingerprint density at radius 3 is 2.86 bits per heavy atom. The highest BCUT2D eigenvalue weighted by Crippen LogP contribution is 2.11. The lowest BCUT2D eigenvalue weighted by molar-refractivity contribution is 1.70. The molecule has 0 amide bonds. The molecule has 1 heteroatoms. The molecule has 1 rings (SSSR count). The van der Waals surface area contributed by atoms with Crippen molar-refractivity contribution in [3.05, 3.63) is 21.8 Å². The second kappa shape index (κ2) is 2.40. The molecule has 0 aromatic carbocycles. The van der Waals surface area contributed by atoms with Crippen molar-refractivity contribution < 1.29 is 0 Å². The summed E-state index contributed by atoms with van der Waals surface area (Å²) in [5.74, 6) is 0. The molecule has 1 heterocycles. The Hall–Kier alpha value is 0.0800. The predicted molar refractivity (Wildman–Crippen MR) is 43.0 cm³/mol. The third-order valence-corrected chi connectivity index (χ3v) is 2.70. The number of rotatable bonds is 0. The first-order valence-corrected chi connectivity index (χ1v) is 4.70. The van der Waals surface area contributed by atoms with Gasteiger partial charge < -0.3 is 0 Å². The smallest absolute Gasteiger partial charge is 0.0217 e. The van der Waals surface area contributed by atoms with Gasteiger partial charge in [0.15, 0.2) is 0 Å². The monoisotopic (exact) mass is 206 g/mol. The molecule has 38 valence electrons. The first kappa shape index (κ1) is 5.22. The lowest BCUT2D eigenvalue weighted by Gasteiger charge is -1.77. The Balaban J connectivity index is 2.79. The largest absolute Gasteiger partial charge is 0.0931 e. The van der Waals surface area contributed by atoms with Crippen LogP contribution in [0.2, 0.25) is 0 Å². The number of halogens is 1. The van der Waals surface area contributed by atoms with Gasteiger partial charge in [-0.1, -0.05) is 26.8 Å². The van der Waals surface area contributed by atoms with E-state index in [-0.39, 0.29) is 0 Å². The zero-order chi connectivity index (χ0) is 5.11. The quantitative estimate of drug-likeness (QED) is 0.533. The molecule has 0 aromatic rings. The molecule has 0 aromatic heterocycles. The molecule has 7 heavy (non-hydrogen) atoms. The zero-order valence-electron chi connectivity index (χ0n) is 4.19. The van der Waals surface area contributed by atoms with Crippen molar-refractivity contribution in [3.8, 4) is 0 Å². The van der Waals surface area contributed by atoms with E-state index in [1.165, 1.54) is 5.57 Å². The molecule has 0 unspecified atom stereocenters. The first-order chi connectivity index (χ1) is 3.43. The standard InChI is InChI=1S/C6H7I/c1-2-6-3-4-7-5-6/h2-5H,1H3/b6-2-. The molecule has 0 saturated heterocycles. The topological polar surface area (TPSA) is 0 Å². The summed E-state index contributed by atoms with van der Waals surface area (Å²) in [5, 5.41) is 0. The van der Waals surface area contributed by atoms with Crippen molar-refractivity contribution in [2.24, 2.45) is 0 Å². The van der Waals surface area contributed by atoms with Gasteiger partial charge in [0, 0.05) is 0 Å². The van der Waals surface area contributed by atoms with Gasteiger partial charge in [0.2, 0.25) is 0 Å². The van der Waals surface area contributed by atoms with Gasteiger partial charge >= 0.3 is 0 Å². The van der Waals surface area contributed by atoms with E-state index in [0.717, 1.165) is 0 Å². The van der Waals surface area contributed by atoms with Crippen LogP contribution in [0.4, 0.5) is 0 Å². The van der Waals surface area contributed by atoms with E-state index in [4.69, 9.17) is 0 Å². The van der Waals surface area contributed by atoms with Gasteiger partial charge in [-0.3, -0.25) is 0 Å². The summed E-state index contributed by atoms with van der Waals surface area (Å²) >= 11 is 0.322. The molecule has 0 N–H and O–H groups in total. The van der Waals surface area contributed by atoms with Gasteiger partial charge in [-0.05, 0) is 26.7 Å². The van der Waals surface area contributed by atoms with Gasteiger partial charge in [-0.2, -0.15) is 0 Å². The van der Waals surface area contributed by atoms with Crippen LogP contribution < -0.4 is 0 Å². The minimum atomic E-state index is 0.322. The van der Waals surface area contributed by atoms with E-state index in [9.17, 15) is 0 Å². The average molecular weight is 206 g/mol. The molecule has 0 nitrogen and oxygen atoms in total. The molecular weight excluding hydrogens is 199 g/mol. The molecule has 0 fully saturated rings. The number of allylic oxidation sites excluding steroid dienone is 3. The van der Waals surface area contributed by atoms with E-state index in [0.29, 0.717) is 20.7 Å². The third-order valence-electron chi connectivity index (χ3n) is 0.850. The number of hydrogen-bond acceptors (Lipinski definition) is 0. The summed E-state index contributed by atoms with van der Waals surface area (Å²) < 4.78 is 4.59. The van der Waals surface area contributed by atoms with Crippen molar-refractivity contribution in [1.82, 2.24) is 0 Å². The highest BCUT2D eigenvalue weighted by atomic mass is 127. The summed E-state index contributed by atoms with van der Waals surface area (Å²) in [5.41, 5.74) is 1.41. The maximum Gasteiger partial charge on any atom is -0.0217 e. The Labute approximate surface area is 53.7 Å². The van der Waals surface area contributed by atoms with Crippen LogP contribution in [0.15, 0.2) is 21.8 Å². The van der Waals surface area contributed by atoms with Gasteiger partial charge in [-0.15, -0.1) is 0 Å². The maximum atomic E-state index is 2.32. The summed E-state index contributed by atoms with van der Waals surface area (Å²) in [6.45, 7) is 2.07. The van der Waals surface area contributed by atoms with Crippen molar-refractivity contribution in [3.63, 3.8) is 0 Å². The van der Waals surface area contributed by atoms with Crippen LogP contribution in [-0.4, -0.2) is 4.01 Å². The normalized spacial score (nSPS) is 23.3. The lowest BCUT2D eigenvalue weighted by atomic mass is 10.3. The van der Waals surface area contributed by atoms with Gasteiger partial charge in [0.25, 0.3) is 0 Å². The van der Waals surface area contributed by atoms with Gasteiger partial charge in [-0.25, -0.2) is 0 Å².